The Kier molecular flexibility index (Phi) is 7.46. The number of amides is 1. The van der Waals surface area contributed by atoms with Crippen molar-refractivity contribution in [2.24, 2.45) is 0 Å². The van der Waals surface area contributed by atoms with E-state index < -0.39 is 16.0 Å². The number of hydrogen-bond acceptors (Lipinski definition) is 4. The maximum atomic E-state index is 13.6. The highest BCUT2D eigenvalue weighted by Crippen LogP contribution is 2.68. The van der Waals surface area contributed by atoms with Gasteiger partial charge in [-0.15, -0.1) is 0 Å². The molecule has 0 aromatic heterocycles. The van der Waals surface area contributed by atoms with Crippen LogP contribution < -0.4 is 4.90 Å². The molecule has 2 aliphatic rings. The Labute approximate surface area is 220 Å². The second kappa shape index (κ2) is 10.4. The minimum absolute atomic E-state index is 0.0139. The van der Waals surface area contributed by atoms with Crippen molar-refractivity contribution in [3.8, 4) is 0 Å². The number of nitrogens with zero attached hydrogens (tertiary/aromatic N) is 2. The summed E-state index contributed by atoms with van der Waals surface area (Å²) in [6.07, 6.45) is 7.97. The first-order chi connectivity index (χ1) is 17.6. The number of rotatable bonds is 8. The molecule has 1 unspecified atom stereocenters. The molecule has 0 fully saturated rings. The van der Waals surface area contributed by atoms with E-state index in [0.29, 0.717) is 18.5 Å². The van der Waals surface area contributed by atoms with Crippen LogP contribution in [-0.2, 0) is 9.59 Å². The Bertz CT molecular complexity index is 1370. The van der Waals surface area contributed by atoms with Gasteiger partial charge >= 0.3 is 5.97 Å². The van der Waals surface area contributed by atoms with Gasteiger partial charge in [-0.1, -0.05) is 31.2 Å². The largest absolute Gasteiger partial charge is 0.481 e. The summed E-state index contributed by atoms with van der Waals surface area (Å²) in [7, 11) is 4.26. The predicted molar refractivity (Wildman–Crippen MR) is 152 cm³/mol. The van der Waals surface area contributed by atoms with E-state index in [4.69, 9.17) is 5.11 Å². The number of hydrogen-bond donors (Lipinski definition) is 1. The molecular formula is C30H34N2O4S. The summed E-state index contributed by atoms with van der Waals surface area (Å²) in [5.74, 6) is -0.144. The highest BCUT2D eigenvalue weighted by atomic mass is 32.3. The van der Waals surface area contributed by atoms with E-state index in [1.54, 1.807) is 24.1 Å². The molecule has 1 aliphatic heterocycles. The Morgan fingerprint density at radius 3 is 2.41 bits per heavy atom. The lowest BCUT2D eigenvalue weighted by Gasteiger charge is -2.45. The quantitative estimate of drug-likeness (QED) is 0.510. The third-order valence-electron chi connectivity index (χ3n) is 7.18. The smallest absolute Gasteiger partial charge is 0.303 e. The Balaban J connectivity index is 1.93. The molecule has 2 aromatic carbocycles. The molecule has 1 heterocycles. The highest BCUT2D eigenvalue weighted by molar-refractivity contribution is 8.36. The monoisotopic (exact) mass is 518 g/mol. The van der Waals surface area contributed by atoms with Crippen molar-refractivity contribution in [3.63, 3.8) is 0 Å². The van der Waals surface area contributed by atoms with E-state index in [2.05, 4.69) is 36.3 Å². The molecule has 4 rings (SSSR count). The van der Waals surface area contributed by atoms with Gasteiger partial charge < -0.3 is 14.9 Å². The summed E-state index contributed by atoms with van der Waals surface area (Å²) in [5, 5.41) is 8.99. The van der Waals surface area contributed by atoms with Crippen LogP contribution >= 0.6 is 10.0 Å². The van der Waals surface area contributed by atoms with Crippen LogP contribution in [0.3, 0.4) is 0 Å². The van der Waals surface area contributed by atoms with Gasteiger partial charge in [0.1, 0.15) is 0 Å². The van der Waals surface area contributed by atoms with Gasteiger partial charge in [-0.25, -0.2) is 0 Å². The number of fused-ring (bicyclic) bond motifs is 2. The third kappa shape index (κ3) is 4.88. The first-order valence-electron chi connectivity index (χ1n) is 12.4. The topological polar surface area (TPSA) is 77.9 Å². The van der Waals surface area contributed by atoms with Crippen molar-refractivity contribution < 1.29 is 19.5 Å². The van der Waals surface area contributed by atoms with Crippen LogP contribution in [0.1, 0.15) is 41.3 Å². The molecule has 37 heavy (non-hydrogen) atoms. The lowest BCUT2D eigenvalue weighted by Crippen LogP contribution is -2.29. The molecule has 1 amide bonds. The molecule has 1 aliphatic carbocycles. The summed E-state index contributed by atoms with van der Waals surface area (Å²) in [6.45, 7) is 2.53. The number of benzene rings is 2. The van der Waals surface area contributed by atoms with Crippen molar-refractivity contribution >= 4 is 38.9 Å². The minimum Gasteiger partial charge on any atom is -0.481 e. The average molecular weight is 519 g/mol. The number of carbonyl (C=O) groups excluding carboxylic acids is 2. The zero-order valence-corrected chi connectivity index (χ0v) is 22.9. The molecule has 194 valence electrons. The Hall–Kier alpha value is -3.58. The molecule has 0 saturated heterocycles. The van der Waals surface area contributed by atoms with Crippen molar-refractivity contribution in [2.75, 3.05) is 44.6 Å². The molecule has 1 N–H and O–H groups in total. The van der Waals surface area contributed by atoms with Crippen LogP contribution in [0.5, 0.6) is 0 Å². The van der Waals surface area contributed by atoms with Crippen molar-refractivity contribution in [1.29, 1.82) is 0 Å². The van der Waals surface area contributed by atoms with Gasteiger partial charge in [-0.3, -0.25) is 14.4 Å². The van der Waals surface area contributed by atoms with E-state index in [1.165, 1.54) is 4.90 Å². The maximum absolute atomic E-state index is 13.6. The van der Waals surface area contributed by atoms with E-state index in [1.807, 2.05) is 44.4 Å². The van der Waals surface area contributed by atoms with Gasteiger partial charge in [-0.05, 0) is 77.1 Å². The fourth-order valence-electron chi connectivity index (χ4n) is 4.98. The molecule has 0 bridgehead atoms. The van der Waals surface area contributed by atoms with Crippen molar-refractivity contribution in [1.82, 2.24) is 4.90 Å². The zero-order chi connectivity index (χ0) is 26.9. The fourth-order valence-corrected chi connectivity index (χ4v) is 7.90. The zero-order valence-electron chi connectivity index (χ0n) is 22.1. The lowest BCUT2D eigenvalue weighted by atomic mass is 9.87. The number of carboxylic acid groups (broad SMARTS) is 1. The molecular weight excluding hydrogens is 484 g/mol. The van der Waals surface area contributed by atoms with Gasteiger partial charge in [0.15, 0.2) is 5.78 Å². The number of carbonyl (C=O) groups is 3. The van der Waals surface area contributed by atoms with Crippen LogP contribution in [-0.4, -0.2) is 67.4 Å². The Morgan fingerprint density at radius 2 is 1.73 bits per heavy atom. The van der Waals surface area contributed by atoms with Gasteiger partial charge in [0.25, 0.3) is 5.91 Å². The minimum atomic E-state index is -1.48. The molecule has 6 nitrogen and oxygen atoms in total. The summed E-state index contributed by atoms with van der Waals surface area (Å²) < 4.78 is 0. The fraction of sp³-hybridized carbons (Fsp3) is 0.300. The average Bonchev–Trinajstić information content (AvgIpc) is 2.88. The van der Waals surface area contributed by atoms with Crippen LogP contribution in [0.2, 0.25) is 0 Å². The molecule has 0 saturated carbocycles. The molecule has 2 aromatic rings. The van der Waals surface area contributed by atoms with E-state index in [-0.39, 0.29) is 18.1 Å². The number of allylic oxidation sites excluding steroid dienone is 4. The van der Waals surface area contributed by atoms with E-state index in [9.17, 15) is 14.4 Å². The second-order valence-corrected chi connectivity index (χ2v) is 13.4. The first-order valence-corrected chi connectivity index (χ1v) is 14.6. The number of carboxylic acids is 1. The number of aliphatic carboxylic acids is 1. The van der Waals surface area contributed by atoms with Crippen molar-refractivity contribution in [3.05, 3.63) is 87.9 Å². The number of ketones is 1. The lowest BCUT2D eigenvalue weighted by molar-refractivity contribution is -0.137. The maximum Gasteiger partial charge on any atom is 0.303 e. The third-order valence-corrected chi connectivity index (χ3v) is 11.0. The summed E-state index contributed by atoms with van der Waals surface area (Å²) in [5.41, 5.74) is 5.51. The molecule has 0 spiro atoms. The van der Waals surface area contributed by atoms with Gasteiger partial charge in [0.05, 0.1) is 0 Å². The number of anilines is 1. The predicted octanol–water partition coefficient (Wildman–Crippen LogP) is 5.34. The molecule has 1 atom stereocenters. The molecule has 7 heteroatoms. The van der Waals surface area contributed by atoms with Gasteiger partial charge in [-0.2, -0.15) is 10.0 Å². The van der Waals surface area contributed by atoms with Crippen LogP contribution in [0, 0.1) is 0 Å². The standard InChI is InChI=1S/C30H34N2O4S/c1-6-37(5)26-18-20(31(2)3)13-15-24(26)29(25-16-14-21(33)19-27(25)37)22-10-7-8-11-23(22)30(36)32(4)17-9-12-28(34)35/h7-8,10-11,13-16,18-19H,6,9,12,17H2,1-5H3,(H,34,35). The highest BCUT2D eigenvalue weighted by Gasteiger charge is 2.38. The van der Waals surface area contributed by atoms with E-state index >= 15 is 0 Å². The summed E-state index contributed by atoms with van der Waals surface area (Å²) >= 11 is 0. The second-order valence-electron chi connectivity index (χ2n) is 9.75. The Morgan fingerprint density at radius 1 is 1.00 bits per heavy atom. The summed E-state index contributed by atoms with van der Waals surface area (Å²) in [6, 6.07) is 14.1. The van der Waals surface area contributed by atoms with Crippen LogP contribution in [0.25, 0.3) is 5.57 Å². The SMILES string of the molecule is CCS1(C)C2=CC(=O)C=CC2=C(c2ccccc2C(=O)N(C)CCCC(=O)O)c2ccc(N(C)C)cc21. The van der Waals surface area contributed by atoms with Gasteiger partial charge in [0.2, 0.25) is 0 Å². The van der Waals surface area contributed by atoms with Crippen LogP contribution in [0.4, 0.5) is 5.69 Å². The van der Waals surface area contributed by atoms with Crippen molar-refractivity contribution in [2.45, 2.75) is 24.7 Å². The first kappa shape index (κ1) is 26.5. The van der Waals surface area contributed by atoms with Crippen LogP contribution in [0.15, 0.2) is 76.1 Å². The van der Waals surface area contributed by atoms with Gasteiger partial charge in [0, 0.05) is 55.2 Å². The molecule has 0 radical (unpaired) electrons. The van der Waals surface area contributed by atoms with E-state index in [0.717, 1.165) is 38.6 Å². The summed E-state index contributed by atoms with van der Waals surface area (Å²) in [4.78, 5) is 43.1. The normalized spacial score (nSPS) is 19.9.